The van der Waals surface area contributed by atoms with E-state index in [2.05, 4.69) is 40.7 Å². The number of carbonyl (C=O) groups excluding carboxylic acids is 1. The summed E-state index contributed by atoms with van der Waals surface area (Å²) in [5, 5.41) is 0. The minimum absolute atomic E-state index is 0.0249. The minimum atomic E-state index is -0.0249. The summed E-state index contributed by atoms with van der Waals surface area (Å²) in [7, 11) is 1.80. The van der Waals surface area contributed by atoms with Crippen LogP contribution in [0.25, 0.3) is 0 Å². The molecule has 0 fully saturated rings. The number of thiol groups is 1. The van der Waals surface area contributed by atoms with Gasteiger partial charge >= 0.3 is 0 Å². The van der Waals surface area contributed by atoms with Crippen molar-refractivity contribution in [1.82, 2.24) is 4.90 Å². The third-order valence-corrected chi connectivity index (χ3v) is 3.94. The summed E-state index contributed by atoms with van der Waals surface area (Å²) in [5.41, 5.74) is 2.95. The monoisotopic (exact) mass is 349 g/mol. The van der Waals surface area contributed by atoms with Crippen molar-refractivity contribution in [3.05, 3.63) is 63.6 Å². The van der Waals surface area contributed by atoms with E-state index in [0.717, 1.165) is 10.0 Å². The highest BCUT2D eigenvalue weighted by atomic mass is 79.9. The highest BCUT2D eigenvalue weighted by Gasteiger charge is 2.14. The highest BCUT2D eigenvalue weighted by Crippen LogP contribution is 2.21. The van der Waals surface area contributed by atoms with Crippen molar-refractivity contribution >= 4 is 34.5 Å². The quantitative estimate of drug-likeness (QED) is 0.818. The Morgan fingerprint density at radius 3 is 2.45 bits per heavy atom. The Balaban J connectivity index is 2.14. The standard InChI is InChI=1S/C16H16BrNOS/c1-11-3-5-12(6-4-11)10-18(2)16(19)14-8-7-13(17)9-15(14)20/h3-9,20H,10H2,1-2H3. The molecule has 0 heterocycles. The molecule has 0 bridgehead atoms. The molecular formula is C16H16BrNOS. The fourth-order valence-corrected chi connectivity index (χ4v) is 2.78. The maximum Gasteiger partial charge on any atom is 0.255 e. The normalized spacial score (nSPS) is 10.4. The molecule has 0 N–H and O–H groups in total. The number of carbonyl (C=O) groups is 1. The lowest BCUT2D eigenvalue weighted by molar-refractivity contribution is 0.0781. The van der Waals surface area contributed by atoms with Crippen LogP contribution in [0.3, 0.4) is 0 Å². The van der Waals surface area contributed by atoms with Crippen LogP contribution in [0, 0.1) is 6.92 Å². The molecule has 2 nitrogen and oxygen atoms in total. The molecule has 4 heteroatoms. The average molecular weight is 350 g/mol. The number of hydrogen-bond donors (Lipinski definition) is 1. The second-order valence-electron chi connectivity index (χ2n) is 4.81. The number of rotatable bonds is 3. The van der Waals surface area contributed by atoms with Gasteiger partial charge < -0.3 is 4.90 Å². The molecule has 0 aliphatic heterocycles. The Bertz CT molecular complexity index is 625. The van der Waals surface area contributed by atoms with Crippen LogP contribution in [0.2, 0.25) is 0 Å². The molecule has 0 aliphatic rings. The lowest BCUT2D eigenvalue weighted by Gasteiger charge is -2.18. The molecule has 2 rings (SSSR count). The van der Waals surface area contributed by atoms with Gasteiger partial charge in [0.1, 0.15) is 0 Å². The van der Waals surface area contributed by atoms with Crippen LogP contribution >= 0.6 is 28.6 Å². The summed E-state index contributed by atoms with van der Waals surface area (Å²) < 4.78 is 0.917. The van der Waals surface area contributed by atoms with E-state index in [9.17, 15) is 4.79 Å². The van der Waals surface area contributed by atoms with E-state index >= 15 is 0 Å². The number of benzene rings is 2. The van der Waals surface area contributed by atoms with Gasteiger partial charge in [-0.25, -0.2) is 0 Å². The van der Waals surface area contributed by atoms with E-state index in [1.807, 2.05) is 31.2 Å². The number of amides is 1. The van der Waals surface area contributed by atoms with E-state index < -0.39 is 0 Å². The van der Waals surface area contributed by atoms with E-state index in [-0.39, 0.29) is 5.91 Å². The van der Waals surface area contributed by atoms with Crippen LogP contribution < -0.4 is 0 Å². The molecule has 0 unspecified atom stereocenters. The van der Waals surface area contributed by atoms with Crippen molar-refractivity contribution in [3.63, 3.8) is 0 Å². The van der Waals surface area contributed by atoms with Crippen LogP contribution in [0.4, 0.5) is 0 Å². The summed E-state index contributed by atoms with van der Waals surface area (Å²) in [5.74, 6) is -0.0249. The third-order valence-electron chi connectivity index (χ3n) is 3.08. The predicted octanol–water partition coefficient (Wildman–Crippen LogP) is 4.32. The highest BCUT2D eigenvalue weighted by molar-refractivity contribution is 9.10. The van der Waals surface area contributed by atoms with Crippen LogP contribution in [0.15, 0.2) is 51.8 Å². The summed E-state index contributed by atoms with van der Waals surface area (Å²) in [6.07, 6.45) is 0. The first-order chi connectivity index (χ1) is 9.47. The minimum Gasteiger partial charge on any atom is -0.337 e. The van der Waals surface area contributed by atoms with Gasteiger partial charge in [-0.15, -0.1) is 12.6 Å². The molecule has 0 atom stereocenters. The van der Waals surface area contributed by atoms with Crippen molar-refractivity contribution < 1.29 is 4.79 Å². The van der Waals surface area contributed by atoms with Crippen molar-refractivity contribution in [2.24, 2.45) is 0 Å². The SMILES string of the molecule is Cc1ccc(CN(C)C(=O)c2ccc(Br)cc2S)cc1. The van der Waals surface area contributed by atoms with Gasteiger partial charge in [-0.2, -0.15) is 0 Å². The molecule has 2 aromatic rings. The van der Waals surface area contributed by atoms with Gasteiger partial charge in [-0.3, -0.25) is 4.79 Å². The van der Waals surface area contributed by atoms with Gasteiger partial charge in [0.15, 0.2) is 0 Å². The first-order valence-corrected chi connectivity index (χ1v) is 7.51. The zero-order chi connectivity index (χ0) is 14.7. The molecular weight excluding hydrogens is 334 g/mol. The fraction of sp³-hybridized carbons (Fsp3) is 0.188. The first kappa shape index (κ1) is 15.1. The molecule has 0 aromatic heterocycles. The lowest BCUT2D eigenvalue weighted by Crippen LogP contribution is -2.26. The smallest absolute Gasteiger partial charge is 0.255 e. The van der Waals surface area contributed by atoms with E-state index in [4.69, 9.17) is 0 Å². The van der Waals surface area contributed by atoms with E-state index in [1.165, 1.54) is 5.56 Å². The molecule has 104 valence electrons. The topological polar surface area (TPSA) is 20.3 Å². The fourth-order valence-electron chi connectivity index (χ4n) is 1.93. The Kier molecular flexibility index (Phi) is 4.89. The summed E-state index contributed by atoms with van der Waals surface area (Å²) >= 11 is 7.73. The largest absolute Gasteiger partial charge is 0.337 e. The zero-order valence-corrected chi connectivity index (χ0v) is 13.9. The molecule has 1 amide bonds. The number of hydrogen-bond acceptors (Lipinski definition) is 2. The Morgan fingerprint density at radius 2 is 1.85 bits per heavy atom. The summed E-state index contributed by atoms with van der Waals surface area (Å²) in [6.45, 7) is 2.63. The molecule has 0 aliphatic carbocycles. The van der Waals surface area contributed by atoms with Crippen LogP contribution in [-0.2, 0) is 6.54 Å². The average Bonchev–Trinajstić information content (AvgIpc) is 2.40. The second kappa shape index (κ2) is 6.46. The van der Waals surface area contributed by atoms with Crippen molar-refractivity contribution in [3.8, 4) is 0 Å². The molecule has 20 heavy (non-hydrogen) atoms. The molecule has 0 spiro atoms. The van der Waals surface area contributed by atoms with Gasteiger partial charge in [0.2, 0.25) is 0 Å². The first-order valence-electron chi connectivity index (χ1n) is 6.27. The molecule has 0 saturated heterocycles. The van der Waals surface area contributed by atoms with Gasteiger partial charge in [0.25, 0.3) is 5.91 Å². The Morgan fingerprint density at radius 1 is 1.20 bits per heavy atom. The van der Waals surface area contributed by atoms with Gasteiger partial charge in [-0.05, 0) is 30.7 Å². The molecule has 0 radical (unpaired) electrons. The zero-order valence-electron chi connectivity index (χ0n) is 11.4. The third kappa shape index (κ3) is 3.64. The molecule has 2 aromatic carbocycles. The van der Waals surface area contributed by atoms with Gasteiger partial charge in [-0.1, -0.05) is 45.8 Å². The molecule has 0 saturated carbocycles. The number of nitrogens with zero attached hydrogens (tertiary/aromatic N) is 1. The Hall–Kier alpha value is -1.26. The van der Waals surface area contributed by atoms with E-state index in [1.54, 1.807) is 18.0 Å². The lowest BCUT2D eigenvalue weighted by atomic mass is 10.1. The summed E-state index contributed by atoms with van der Waals surface area (Å²) in [6, 6.07) is 13.7. The maximum absolute atomic E-state index is 12.4. The second-order valence-corrected chi connectivity index (χ2v) is 6.21. The summed E-state index contributed by atoms with van der Waals surface area (Å²) in [4.78, 5) is 14.8. The predicted molar refractivity (Wildman–Crippen MR) is 88.4 cm³/mol. The van der Waals surface area contributed by atoms with Crippen molar-refractivity contribution in [2.45, 2.75) is 18.4 Å². The number of halogens is 1. The van der Waals surface area contributed by atoms with Gasteiger partial charge in [0, 0.05) is 23.0 Å². The van der Waals surface area contributed by atoms with Crippen LogP contribution in [0.5, 0.6) is 0 Å². The maximum atomic E-state index is 12.4. The van der Waals surface area contributed by atoms with Crippen molar-refractivity contribution in [1.29, 1.82) is 0 Å². The Labute approximate surface area is 133 Å². The number of aryl methyl sites for hydroxylation is 1. The van der Waals surface area contributed by atoms with Gasteiger partial charge in [0.05, 0.1) is 5.56 Å². The van der Waals surface area contributed by atoms with Crippen molar-refractivity contribution in [2.75, 3.05) is 7.05 Å². The van der Waals surface area contributed by atoms with Crippen LogP contribution in [0.1, 0.15) is 21.5 Å². The van der Waals surface area contributed by atoms with Crippen LogP contribution in [-0.4, -0.2) is 17.9 Å². The van der Waals surface area contributed by atoms with E-state index in [0.29, 0.717) is 17.0 Å².